The second-order valence-corrected chi connectivity index (χ2v) is 5.84. The molecule has 12 nitrogen and oxygen atoms in total. The summed E-state index contributed by atoms with van der Waals surface area (Å²) in [5, 5.41) is 9.08. The van der Waals surface area contributed by atoms with E-state index >= 15 is 0 Å². The van der Waals surface area contributed by atoms with Crippen molar-refractivity contribution < 1.29 is 29.0 Å². The number of aliphatic hydroxyl groups excluding tert-OH is 1. The maximum Gasteiger partial charge on any atom is 0.350 e. The highest BCUT2D eigenvalue weighted by Crippen LogP contribution is 2.34. The standard InChI is InChI=1S/C9H14N5O7P/c10-9-12-7-6(8(16)13-9)11-3-14(7)21-2-5(1-15)20-4-22(17,18)19/h3,5,15H,1-2,4H2,(H2,17,18,19)(H3,10,12,13,16)/t5-/m1/s1. The third kappa shape index (κ3) is 4.02. The number of imidazole rings is 1. The monoisotopic (exact) mass is 335 g/mol. The number of H-pyrrole nitrogens is 1. The third-order valence-electron chi connectivity index (χ3n) is 2.48. The summed E-state index contributed by atoms with van der Waals surface area (Å²) in [6.45, 7) is -0.779. The molecule has 2 aromatic rings. The Labute approximate surface area is 122 Å². The Kier molecular flexibility index (Phi) is 4.78. The summed E-state index contributed by atoms with van der Waals surface area (Å²) in [7, 11) is -4.35. The molecule has 0 aliphatic heterocycles. The predicted molar refractivity (Wildman–Crippen MR) is 72.9 cm³/mol. The molecular weight excluding hydrogens is 321 g/mol. The summed E-state index contributed by atoms with van der Waals surface area (Å²) in [6.07, 6.45) is -0.662. The SMILES string of the molecule is Nc1nc2c(ncn2OC[C@@H](CO)OCP(=O)(O)O)c(=O)[nH]1. The van der Waals surface area contributed by atoms with Crippen LogP contribution >= 0.6 is 7.60 Å². The minimum atomic E-state index is -4.35. The lowest BCUT2D eigenvalue weighted by Gasteiger charge is -2.16. The van der Waals surface area contributed by atoms with Crippen molar-refractivity contribution in [3.63, 3.8) is 0 Å². The molecule has 0 amide bonds. The van der Waals surface area contributed by atoms with Gasteiger partial charge in [-0.05, 0) is 0 Å². The van der Waals surface area contributed by atoms with Crippen LogP contribution < -0.4 is 16.1 Å². The second kappa shape index (κ2) is 6.42. The number of nitrogens with two attached hydrogens (primary N) is 1. The first-order valence-electron chi connectivity index (χ1n) is 5.93. The smallest absolute Gasteiger partial charge is 0.350 e. The maximum absolute atomic E-state index is 11.6. The number of nitrogens with zero attached hydrogens (tertiary/aromatic N) is 3. The fourth-order valence-corrected chi connectivity index (χ4v) is 1.93. The number of rotatable bonds is 7. The van der Waals surface area contributed by atoms with E-state index in [4.69, 9.17) is 30.2 Å². The van der Waals surface area contributed by atoms with Crippen LogP contribution in [0, 0.1) is 0 Å². The van der Waals surface area contributed by atoms with Crippen molar-refractivity contribution in [2.75, 3.05) is 25.3 Å². The van der Waals surface area contributed by atoms with Gasteiger partial charge in [-0.25, -0.2) is 4.98 Å². The summed E-state index contributed by atoms with van der Waals surface area (Å²) in [5.74, 6) is -0.126. The number of nitrogens with one attached hydrogen (secondary N) is 1. The van der Waals surface area contributed by atoms with Crippen molar-refractivity contribution >= 4 is 24.7 Å². The molecule has 22 heavy (non-hydrogen) atoms. The largest absolute Gasteiger partial charge is 0.408 e. The molecule has 0 spiro atoms. The van der Waals surface area contributed by atoms with Gasteiger partial charge in [-0.1, -0.05) is 0 Å². The molecular formula is C9H14N5O7P. The number of ether oxygens (including phenoxy) is 1. The van der Waals surface area contributed by atoms with Gasteiger partial charge in [0.15, 0.2) is 5.52 Å². The van der Waals surface area contributed by atoms with Crippen molar-refractivity contribution in [1.82, 2.24) is 19.7 Å². The number of aromatic nitrogens is 4. The van der Waals surface area contributed by atoms with Crippen LogP contribution in [-0.2, 0) is 9.30 Å². The molecule has 0 aromatic carbocycles. The highest BCUT2D eigenvalue weighted by atomic mass is 31.2. The van der Waals surface area contributed by atoms with Gasteiger partial charge in [0.1, 0.15) is 25.4 Å². The summed E-state index contributed by atoms with van der Waals surface area (Å²) in [4.78, 5) is 44.1. The van der Waals surface area contributed by atoms with E-state index in [0.29, 0.717) is 0 Å². The Morgan fingerprint density at radius 3 is 2.86 bits per heavy atom. The molecule has 6 N–H and O–H groups in total. The van der Waals surface area contributed by atoms with E-state index in [1.807, 2.05) is 0 Å². The zero-order valence-electron chi connectivity index (χ0n) is 11.1. The molecule has 122 valence electrons. The molecule has 0 radical (unpaired) electrons. The van der Waals surface area contributed by atoms with Gasteiger partial charge >= 0.3 is 7.60 Å². The molecule has 0 unspecified atom stereocenters. The fourth-order valence-electron chi connectivity index (χ4n) is 1.52. The number of aliphatic hydroxyl groups is 1. The lowest BCUT2D eigenvalue weighted by molar-refractivity contribution is -0.0327. The molecule has 2 rings (SSSR count). The van der Waals surface area contributed by atoms with Gasteiger partial charge in [-0.2, -0.15) is 9.71 Å². The Hall–Kier alpha value is -1.98. The minimum Gasteiger partial charge on any atom is -0.408 e. The Balaban J connectivity index is 2.07. The van der Waals surface area contributed by atoms with Gasteiger partial charge in [0, 0.05) is 0 Å². The fraction of sp³-hybridized carbons (Fsp3) is 0.444. The molecule has 0 saturated heterocycles. The van der Waals surface area contributed by atoms with Crippen LogP contribution in [0.15, 0.2) is 11.1 Å². The number of hydrogen-bond acceptors (Lipinski definition) is 8. The first kappa shape index (κ1) is 16.4. The van der Waals surface area contributed by atoms with Gasteiger partial charge in [0.25, 0.3) is 5.56 Å². The summed E-state index contributed by atoms with van der Waals surface area (Å²) < 4.78 is 16.6. The first-order chi connectivity index (χ1) is 10.3. The lowest BCUT2D eigenvalue weighted by atomic mass is 10.4. The molecule has 0 aliphatic carbocycles. The zero-order valence-corrected chi connectivity index (χ0v) is 12.0. The van der Waals surface area contributed by atoms with Gasteiger partial charge in [0.2, 0.25) is 11.6 Å². The van der Waals surface area contributed by atoms with E-state index in [-0.39, 0.29) is 23.7 Å². The number of anilines is 1. The number of fused-ring (bicyclic) bond motifs is 1. The number of aromatic amines is 1. The molecule has 0 aliphatic rings. The summed E-state index contributed by atoms with van der Waals surface area (Å²) in [5.41, 5.74) is 4.94. The second-order valence-electron chi connectivity index (χ2n) is 4.25. The van der Waals surface area contributed by atoms with Crippen LogP contribution in [0.25, 0.3) is 11.2 Å². The van der Waals surface area contributed by atoms with Gasteiger partial charge in [0.05, 0.1) is 6.61 Å². The minimum absolute atomic E-state index is 0.00545. The predicted octanol–water partition coefficient (Wildman–Crippen LogP) is -2.36. The average molecular weight is 335 g/mol. The van der Waals surface area contributed by atoms with Crippen LogP contribution in [0.4, 0.5) is 5.95 Å². The number of hydrogen-bond donors (Lipinski definition) is 5. The Morgan fingerprint density at radius 1 is 1.50 bits per heavy atom. The highest BCUT2D eigenvalue weighted by Gasteiger charge is 2.19. The first-order valence-corrected chi connectivity index (χ1v) is 7.73. The lowest BCUT2D eigenvalue weighted by Crippen LogP contribution is -2.30. The van der Waals surface area contributed by atoms with Crippen LogP contribution in [0.3, 0.4) is 0 Å². The van der Waals surface area contributed by atoms with Crippen molar-refractivity contribution in [2.45, 2.75) is 6.10 Å². The molecule has 1 atom stereocenters. The molecule has 2 heterocycles. The molecule has 0 bridgehead atoms. The molecule has 2 aromatic heterocycles. The average Bonchev–Trinajstić information content (AvgIpc) is 2.81. The van der Waals surface area contributed by atoms with Gasteiger partial charge in [-0.15, -0.1) is 0 Å². The number of nitrogen functional groups attached to an aromatic ring is 1. The molecule has 13 heteroatoms. The van der Waals surface area contributed by atoms with Gasteiger partial charge < -0.3 is 30.2 Å². The van der Waals surface area contributed by atoms with Crippen molar-refractivity contribution in [3.8, 4) is 0 Å². The van der Waals surface area contributed by atoms with Gasteiger partial charge in [-0.3, -0.25) is 14.3 Å². The Morgan fingerprint density at radius 2 is 2.23 bits per heavy atom. The maximum atomic E-state index is 11.6. The van der Waals surface area contributed by atoms with Crippen LogP contribution in [0.2, 0.25) is 0 Å². The Bertz CT molecular complexity index is 752. The van der Waals surface area contributed by atoms with Crippen LogP contribution in [0.1, 0.15) is 0 Å². The van der Waals surface area contributed by atoms with E-state index in [1.165, 1.54) is 6.33 Å². The molecule has 0 fully saturated rings. The van der Waals surface area contributed by atoms with E-state index in [0.717, 1.165) is 4.73 Å². The molecule has 0 saturated carbocycles. The highest BCUT2D eigenvalue weighted by molar-refractivity contribution is 7.51. The topological polar surface area (TPSA) is 186 Å². The van der Waals surface area contributed by atoms with Crippen LogP contribution in [0.5, 0.6) is 0 Å². The van der Waals surface area contributed by atoms with Crippen molar-refractivity contribution in [1.29, 1.82) is 0 Å². The van der Waals surface area contributed by atoms with E-state index < -0.39 is 32.2 Å². The van der Waals surface area contributed by atoms with E-state index in [9.17, 15) is 9.36 Å². The van der Waals surface area contributed by atoms with Crippen molar-refractivity contribution in [2.24, 2.45) is 0 Å². The van der Waals surface area contributed by atoms with Crippen molar-refractivity contribution in [3.05, 3.63) is 16.7 Å². The summed E-state index contributed by atoms with van der Waals surface area (Å²) in [6, 6.07) is 0. The quantitative estimate of drug-likeness (QED) is 0.343. The van der Waals surface area contributed by atoms with E-state index in [1.54, 1.807) is 0 Å². The summed E-state index contributed by atoms with van der Waals surface area (Å²) >= 11 is 0. The zero-order chi connectivity index (χ0) is 16.3. The third-order valence-corrected chi connectivity index (χ3v) is 2.96. The van der Waals surface area contributed by atoms with Crippen LogP contribution in [-0.4, -0.2) is 60.2 Å². The van der Waals surface area contributed by atoms with E-state index in [2.05, 4.69) is 15.0 Å². The normalized spacial score (nSPS) is 13.4.